The summed E-state index contributed by atoms with van der Waals surface area (Å²) in [6.45, 7) is 0. The molecule has 0 bridgehead atoms. The molecule has 2 aromatic carbocycles. The number of hydrogen-bond donors (Lipinski definition) is 1. The summed E-state index contributed by atoms with van der Waals surface area (Å²) in [5.74, 6) is 0.694. The van der Waals surface area contributed by atoms with Crippen molar-refractivity contribution in [2.75, 3.05) is 0 Å². The third-order valence-electron chi connectivity index (χ3n) is 3.40. The molecular weight excluding hydrogens is 284 g/mol. The van der Waals surface area contributed by atoms with Gasteiger partial charge in [0.05, 0.1) is 0 Å². The molecule has 0 radical (unpaired) electrons. The molecule has 0 fully saturated rings. The van der Waals surface area contributed by atoms with Crippen molar-refractivity contribution in [2.24, 2.45) is 0 Å². The van der Waals surface area contributed by atoms with Crippen molar-refractivity contribution in [1.82, 2.24) is 0 Å². The van der Waals surface area contributed by atoms with Gasteiger partial charge in [0.2, 0.25) is 5.43 Å². The largest absolute Gasteiger partial charge is 0.508 e. The minimum Gasteiger partial charge on any atom is -0.508 e. The number of phenolic OH excluding ortho intramolecular Hbond substituents is 1. The molecular formula is C17H10O3S. The standard InChI is InChI=1S/C17H10O3S/c18-11-7-5-10(6-8-11)14-9-13(19)17-16(20-14)12-3-1-2-4-15(12)21-17/h1-9,18H. The van der Waals surface area contributed by atoms with Crippen LogP contribution in [0.1, 0.15) is 0 Å². The van der Waals surface area contributed by atoms with E-state index in [0.29, 0.717) is 16.0 Å². The van der Waals surface area contributed by atoms with Crippen molar-refractivity contribution in [2.45, 2.75) is 0 Å². The first-order valence-electron chi connectivity index (χ1n) is 6.47. The van der Waals surface area contributed by atoms with Crippen LogP contribution < -0.4 is 5.43 Å². The van der Waals surface area contributed by atoms with Gasteiger partial charge in [-0.05, 0) is 36.4 Å². The Labute approximate surface area is 123 Å². The smallest absolute Gasteiger partial charge is 0.203 e. The van der Waals surface area contributed by atoms with Gasteiger partial charge in [-0.3, -0.25) is 4.79 Å². The van der Waals surface area contributed by atoms with Crippen LogP contribution in [0.3, 0.4) is 0 Å². The van der Waals surface area contributed by atoms with Crippen LogP contribution in [0.5, 0.6) is 5.75 Å². The molecule has 4 aromatic rings. The second-order valence-corrected chi connectivity index (χ2v) is 5.83. The van der Waals surface area contributed by atoms with Crippen LogP contribution in [-0.4, -0.2) is 5.11 Å². The quantitative estimate of drug-likeness (QED) is 0.567. The maximum Gasteiger partial charge on any atom is 0.203 e. The molecule has 0 aliphatic carbocycles. The average molecular weight is 294 g/mol. The molecule has 0 aliphatic heterocycles. The Kier molecular flexibility index (Phi) is 2.59. The summed E-state index contributed by atoms with van der Waals surface area (Å²) in [6, 6.07) is 15.9. The van der Waals surface area contributed by atoms with Crippen LogP contribution in [0.4, 0.5) is 0 Å². The molecule has 1 N–H and O–H groups in total. The fourth-order valence-electron chi connectivity index (χ4n) is 2.38. The van der Waals surface area contributed by atoms with Crippen molar-refractivity contribution in [1.29, 1.82) is 0 Å². The van der Waals surface area contributed by atoms with Crippen LogP contribution in [0.15, 0.2) is 63.8 Å². The highest BCUT2D eigenvalue weighted by atomic mass is 32.1. The molecule has 0 saturated carbocycles. The van der Waals surface area contributed by atoms with Crippen LogP contribution in [0.25, 0.3) is 31.7 Å². The fraction of sp³-hybridized carbons (Fsp3) is 0. The molecule has 0 aliphatic rings. The van der Waals surface area contributed by atoms with Gasteiger partial charge in [0.15, 0.2) is 5.58 Å². The first-order valence-corrected chi connectivity index (χ1v) is 7.29. The van der Waals surface area contributed by atoms with Gasteiger partial charge in [0.25, 0.3) is 0 Å². The van der Waals surface area contributed by atoms with E-state index in [9.17, 15) is 9.90 Å². The van der Waals surface area contributed by atoms with Gasteiger partial charge in [-0.1, -0.05) is 12.1 Å². The lowest BCUT2D eigenvalue weighted by molar-refractivity contribution is 0.475. The Balaban J connectivity index is 2.05. The summed E-state index contributed by atoms with van der Waals surface area (Å²) in [4.78, 5) is 12.3. The number of fused-ring (bicyclic) bond motifs is 3. The van der Waals surface area contributed by atoms with E-state index in [1.807, 2.05) is 24.3 Å². The third kappa shape index (κ3) is 1.92. The number of phenols is 1. The first-order chi connectivity index (χ1) is 10.2. The summed E-state index contributed by atoms with van der Waals surface area (Å²) < 4.78 is 7.63. The van der Waals surface area contributed by atoms with Gasteiger partial charge in [-0.25, -0.2) is 0 Å². The molecule has 102 valence electrons. The average Bonchev–Trinajstić information content (AvgIpc) is 2.87. The monoisotopic (exact) mass is 294 g/mol. The molecule has 0 amide bonds. The van der Waals surface area contributed by atoms with Crippen molar-refractivity contribution < 1.29 is 9.52 Å². The minimum absolute atomic E-state index is 0.0412. The Bertz CT molecular complexity index is 1010. The van der Waals surface area contributed by atoms with Crippen LogP contribution >= 0.6 is 11.3 Å². The predicted molar refractivity (Wildman–Crippen MR) is 85.0 cm³/mol. The number of aromatic hydroxyl groups is 1. The van der Waals surface area contributed by atoms with Gasteiger partial charge in [-0.15, -0.1) is 11.3 Å². The molecule has 3 nitrogen and oxygen atoms in total. The highest BCUT2D eigenvalue weighted by Crippen LogP contribution is 2.34. The third-order valence-corrected chi connectivity index (χ3v) is 4.57. The normalized spacial score (nSPS) is 11.2. The van der Waals surface area contributed by atoms with E-state index < -0.39 is 0 Å². The molecule has 2 heterocycles. The van der Waals surface area contributed by atoms with Crippen molar-refractivity contribution in [3.05, 3.63) is 64.8 Å². The van der Waals surface area contributed by atoms with E-state index in [1.54, 1.807) is 24.3 Å². The Morgan fingerprint density at radius 2 is 1.76 bits per heavy atom. The topological polar surface area (TPSA) is 50.4 Å². The van der Waals surface area contributed by atoms with Crippen molar-refractivity contribution >= 4 is 31.7 Å². The lowest BCUT2D eigenvalue weighted by Gasteiger charge is -2.01. The fourth-order valence-corrected chi connectivity index (χ4v) is 3.42. The predicted octanol–water partition coefficient (Wildman–Crippen LogP) is 4.38. The zero-order chi connectivity index (χ0) is 14.4. The highest BCUT2D eigenvalue weighted by molar-refractivity contribution is 7.25. The van der Waals surface area contributed by atoms with E-state index in [0.717, 1.165) is 15.6 Å². The van der Waals surface area contributed by atoms with Crippen molar-refractivity contribution in [3.63, 3.8) is 0 Å². The second kappa shape index (κ2) is 4.46. The van der Waals surface area contributed by atoms with Gasteiger partial charge in [-0.2, -0.15) is 0 Å². The van der Waals surface area contributed by atoms with Crippen LogP contribution in [0, 0.1) is 0 Å². The number of rotatable bonds is 1. The molecule has 0 spiro atoms. The zero-order valence-electron chi connectivity index (χ0n) is 10.9. The number of benzene rings is 2. The summed E-state index contributed by atoms with van der Waals surface area (Å²) in [6.07, 6.45) is 0. The molecule has 2 aromatic heterocycles. The van der Waals surface area contributed by atoms with Gasteiger partial charge >= 0.3 is 0 Å². The lowest BCUT2D eigenvalue weighted by atomic mass is 10.1. The zero-order valence-corrected chi connectivity index (χ0v) is 11.7. The maximum absolute atomic E-state index is 12.3. The molecule has 0 saturated heterocycles. The minimum atomic E-state index is -0.0412. The summed E-state index contributed by atoms with van der Waals surface area (Å²) >= 11 is 1.45. The van der Waals surface area contributed by atoms with Gasteiger partial charge in [0, 0.05) is 21.7 Å². The Hall–Kier alpha value is -2.59. The maximum atomic E-state index is 12.3. The lowest BCUT2D eigenvalue weighted by Crippen LogP contribution is -1.97. The molecule has 21 heavy (non-hydrogen) atoms. The SMILES string of the molecule is O=c1cc(-c2ccc(O)cc2)oc2c1sc1ccccc12. The molecule has 4 rings (SSSR count). The number of thiophene rings is 1. The summed E-state index contributed by atoms with van der Waals surface area (Å²) in [5, 5.41) is 10.3. The highest BCUT2D eigenvalue weighted by Gasteiger charge is 2.12. The summed E-state index contributed by atoms with van der Waals surface area (Å²) in [7, 11) is 0. The van der Waals surface area contributed by atoms with Crippen LogP contribution in [-0.2, 0) is 0 Å². The second-order valence-electron chi connectivity index (χ2n) is 4.78. The molecule has 4 heteroatoms. The first kappa shape index (κ1) is 12.2. The van der Waals surface area contributed by atoms with E-state index >= 15 is 0 Å². The van der Waals surface area contributed by atoms with Crippen molar-refractivity contribution in [3.8, 4) is 17.1 Å². The number of hydrogen-bond acceptors (Lipinski definition) is 4. The molecule has 0 atom stereocenters. The van der Waals surface area contributed by atoms with E-state index in [-0.39, 0.29) is 11.2 Å². The van der Waals surface area contributed by atoms with E-state index in [2.05, 4.69) is 0 Å². The Morgan fingerprint density at radius 1 is 1.00 bits per heavy atom. The van der Waals surface area contributed by atoms with Crippen LogP contribution in [0.2, 0.25) is 0 Å². The van der Waals surface area contributed by atoms with Gasteiger partial charge < -0.3 is 9.52 Å². The molecule has 0 unspecified atom stereocenters. The Morgan fingerprint density at radius 3 is 2.57 bits per heavy atom. The van der Waals surface area contributed by atoms with Gasteiger partial charge in [0.1, 0.15) is 16.2 Å². The van der Waals surface area contributed by atoms with E-state index in [1.165, 1.54) is 17.4 Å². The summed E-state index contributed by atoms with van der Waals surface area (Å²) in [5.41, 5.74) is 1.36. The van der Waals surface area contributed by atoms with E-state index in [4.69, 9.17) is 4.42 Å².